The molecule has 8 heteroatoms. The maximum absolute atomic E-state index is 14.6. The van der Waals surface area contributed by atoms with Gasteiger partial charge in [-0.1, -0.05) is 6.07 Å². The van der Waals surface area contributed by atoms with Gasteiger partial charge >= 0.3 is 0 Å². The van der Waals surface area contributed by atoms with E-state index in [2.05, 4.69) is 5.32 Å². The molecule has 1 N–H and O–H groups in total. The zero-order valence-electron chi connectivity index (χ0n) is 15.5. The smallest absolute Gasteiger partial charge is 0.268 e. The summed E-state index contributed by atoms with van der Waals surface area (Å²) in [6.45, 7) is 0. The maximum atomic E-state index is 14.6. The normalized spacial score (nSPS) is 15.9. The number of fused-ring (bicyclic) bond motifs is 1. The molecular formula is C21H17F2N3O2S. The standard InChI is InChI=1S/C21H17F2N3O2S/c1-25-19-7-8-20-17(19)11-21(16-6-5-14(22)10-18(16)23)26(20)29(27,28)15-4-2-3-13(9-15)12-24/h2-6,9-11,19,25H,7-8H2,1H3. The van der Waals surface area contributed by atoms with Crippen molar-refractivity contribution >= 4 is 10.0 Å². The van der Waals surface area contributed by atoms with Gasteiger partial charge in [0.25, 0.3) is 10.0 Å². The number of nitrogens with one attached hydrogen (secondary N) is 1. The lowest BCUT2D eigenvalue weighted by molar-refractivity contribution is 0.579. The first-order valence-electron chi connectivity index (χ1n) is 8.99. The van der Waals surface area contributed by atoms with Crippen LogP contribution in [-0.2, 0) is 16.4 Å². The average molecular weight is 413 g/mol. The molecule has 4 rings (SSSR count). The highest BCUT2D eigenvalue weighted by atomic mass is 32.2. The molecule has 1 unspecified atom stereocenters. The summed E-state index contributed by atoms with van der Waals surface area (Å²) in [5.74, 6) is -1.58. The first kappa shape index (κ1) is 19.3. The van der Waals surface area contributed by atoms with E-state index in [0.717, 1.165) is 21.7 Å². The van der Waals surface area contributed by atoms with E-state index in [4.69, 9.17) is 5.26 Å². The Morgan fingerprint density at radius 2 is 1.97 bits per heavy atom. The van der Waals surface area contributed by atoms with E-state index >= 15 is 0 Å². The molecule has 1 atom stereocenters. The largest absolute Gasteiger partial charge is 0.313 e. The molecule has 148 valence electrons. The summed E-state index contributed by atoms with van der Waals surface area (Å²) in [4.78, 5) is -0.0633. The van der Waals surface area contributed by atoms with E-state index in [0.29, 0.717) is 18.5 Å². The molecule has 1 heterocycles. The van der Waals surface area contributed by atoms with Crippen molar-refractivity contribution in [2.45, 2.75) is 23.8 Å². The number of nitriles is 1. The van der Waals surface area contributed by atoms with E-state index in [9.17, 15) is 17.2 Å². The molecule has 0 radical (unpaired) electrons. The summed E-state index contributed by atoms with van der Waals surface area (Å²) in [6.07, 6.45) is 1.20. The highest BCUT2D eigenvalue weighted by molar-refractivity contribution is 7.90. The Kier molecular flexibility index (Phi) is 4.73. The number of hydrogen-bond donors (Lipinski definition) is 1. The van der Waals surface area contributed by atoms with Crippen LogP contribution in [0.2, 0.25) is 0 Å². The number of halogens is 2. The average Bonchev–Trinajstić information content (AvgIpc) is 3.26. The zero-order valence-corrected chi connectivity index (χ0v) is 16.3. The van der Waals surface area contributed by atoms with E-state index in [-0.39, 0.29) is 27.8 Å². The molecule has 0 aliphatic heterocycles. The fourth-order valence-corrected chi connectivity index (χ4v) is 5.46. The minimum atomic E-state index is -4.11. The molecule has 2 aromatic carbocycles. The molecule has 0 fully saturated rings. The van der Waals surface area contributed by atoms with Crippen molar-refractivity contribution in [1.82, 2.24) is 9.29 Å². The third-order valence-corrected chi connectivity index (χ3v) is 6.94. The third-order valence-electron chi connectivity index (χ3n) is 5.19. The highest BCUT2D eigenvalue weighted by Crippen LogP contribution is 2.40. The molecule has 0 bridgehead atoms. The molecule has 0 saturated heterocycles. The third kappa shape index (κ3) is 3.12. The second-order valence-corrected chi connectivity index (χ2v) is 8.63. The molecule has 1 aliphatic carbocycles. The van der Waals surface area contributed by atoms with Crippen molar-refractivity contribution in [3.63, 3.8) is 0 Å². The van der Waals surface area contributed by atoms with Crippen molar-refractivity contribution < 1.29 is 17.2 Å². The Balaban J connectivity index is 2.00. The summed E-state index contributed by atoms with van der Waals surface area (Å²) in [6, 6.07) is 12.3. The van der Waals surface area contributed by atoms with E-state index in [1.165, 1.54) is 30.3 Å². The van der Waals surface area contributed by atoms with Gasteiger partial charge in [-0.15, -0.1) is 0 Å². The number of aromatic nitrogens is 1. The Bertz CT molecular complexity index is 1260. The molecule has 3 aromatic rings. The van der Waals surface area contributed by atoms with Crippen LogP contribution < -0.4 is 5.32 Å². The van der Waals surface area contributed by atoms with Gasteiger partial charge in [0.05, 0.1) is 22.2 Å². The lowest BCUT2D eigenvalue weighted by Crippen LogP contribution is -2.17. The lowest BCUT2D eigenvalue weighted by atomic mass is 10.1. The van der Waals surface area contributed by atoms with Gasteiger partial charge in [-0.05, 0) is 61.9 Å². The fourth-order valence-electron chi connectivity index (χ4n) is 3.83. The zero-order chi connectivity index (χ0) is 20.8. The summed E-state index contributed by atoms with van der Waals surface area (Å²) < 4.78 is 56.2. The van der Waals surface area contributed by atoms with Gasteiger partial charge < -0.3 is 5.32 Å². The SMILES string of the molecule is CNC1CCc2c1cc(-c1ccc(F)cc1F)n2S(=O)(=O)c1cccc(C#N)c1. The van der Waals surface area contributed by atoms with E-state index in [1.54, 1.807) is 13.1 Å². The molecule has 0 spiro atoms. The van der Waals surface area contributed by atoms with Crippen molar-refractivity contribution in [2.24, 2.45) is 0 Å². The van der Waals surface area contributed by atoms with E-state index in [1.807, 2.05) is 6.07 Å². The van der Waals surface area contributed by atoms with Crippen LogP contribution in [0.4, 0.5) is 8.78 Å². The Hall–Kier alpha value is -3.02. The number of nitrogens with zero attached hydrogens (tertiary/aromatic N) is 2. The molecule has 1 aliphatic rings. The molecule has 29 heavy (non-hydrogen) atoms. The lowest BCUT2D eigenvalue weighted by Gasteiger charge is -2.14. The molecule has 0 saturated carbocycles. The summed E-state index contributed by atoms with van der Waals surface area (Å²) in [7, 11) is -2.34. The molecule has 1 aromatic heterocycles. The number of benzene rings is 2. The van der Waals surface area contributed by atoms with Crippen LogP contribution in [0.5, 0.6) is 0 Å². The van der Waals surface area contributed by atoms with Crippen LogP contribution >= 0.6 is 0 Å². The predicted molar refractivity (Wildman–Crippen MR) is 104 cm³/mol. The van der Waals surface area contributed by atoms with Crippen molar-refractivity contribution in [1.29, 1.82) is 5.26 Å². The van der Waals surface area contributed by atoms with Gasteiger partial charge in [-0.3, -0.25) is 0 Å². The summed E-state index contributed by atoms with van der Waals surface area (Å²) >= 11 is 0. The summed E-state index contributed by atoms with van der Waals surface area (Å²) in [5.41, 5.74) is 1.67. The van der Waals surface area contributed by atoms with E-state index < -0.39 is 21.7 Å². The van der Waals surface area contributed by atoms with Crippen LogP contribution in [0, 0.1) is 23.0 Å². The first-order valence-corrected chi connectivity index (χ1v) is 10.4. The highest BCUT2D eigenvalue weighted by Gasteiger charge is 2.33. The van der Waals surface area contributed by atoms with Crippen LogP contribution in [0.1, 0.15) is 29.3 Å². The fraction of sp³-hybridized carbons (Fsp3) is 0.190. The van der Waals surface area contributed by atoms with Crippen molar-refractivity contribution in [3.8, 4) is 17.3 Å². The van der Waals surface area contributed by atoms with Gasteiger partial charge in [0, 0.05) is 23.4 Å². The van der Waals surface area contributed by atoms with Gasteiger partial charge in [0.15, 0.2) is 0 Å². The minimum Gasteiger partial charge on any atom is -0.313 e. The van der Waals surface area contributed by atoms with Crippen LogP contribution in [0.25, 0.3) is 11.3 Å². The molecule has 5 nitrogen and oxygen atoms in total. The maximum Gasteiger partial charge on any atom is 0.268 e. The van der Waals surface area contributed by atoms with Gasteiger partial charge in [0.1, 0.15) is 11.6 Å². The van der Waals surface area contributed by atoms with Gasteiger partial charge in [-0.25, -0.2) is 21.2 Å². The first-order chi connectivity index (χ1) is 13.9. The van der Waals surface area contributed by atoms with Gasteiger partial charge in [0.2, 0.25) is 0 Å². The Morgan fingerprint density at radius 1 is 1.17 bits per heavy atom. The second-order valence-electron chi connectivity index (χ2n) is 6.84. The Labute approximate surface area is 167 Å². The van der Waals surface area contributed by atoms with Crippen LogP contribution in [0.3, 0.4) is 0 Å². The second kappa shape index (κ2) is 7.10. The van der Waals surface area contributed by atoms with Crippen LogP contribution in [0.15, 0.2) is 53.4 Å². The predicted octanol–water partition coefficient (Wildman–Crippen LogP) is 3.75. The quantitative estimate of drug-likeness (QED) is 0.707. The van der Waals surface area contributed by atoms with Crippen molar-refractivity contribution in [3.05, 3.63) is 77.0 Å². The molecule has 0 amide bonds. The number of hydrogen-bond acceptors (Lipinski definition) is 4. The summed E-state index contributed by atoms with van der Waals surface area (Å²) in [5, 5.41) is 12.3. The topological polar surface area (TPSA) is 74.9 Å². The Morgan fingerprint density at radius 3 is 2.66 bits per heavy atom. The minimum absolute atomic E-state index is 0.00401. The monoisotopic (exact) mass is 413 g/mol. The number of rotatable bonds is 4. The van der Waals surface area contributed by atoms with Crippen molar-refractivity contribution in [2.75, 3.05) is 7.05 Å². The molecular weight excluding hydrogens is 396 g/mol. The van der Waals surface area contributed by atoms with Gasteiger partial charge in [-0.2, -0.15) is 5.26 Å². The van der Waals surface area contributed by atoms with Crippen LogP contribution in [-0.4, -0.2) is 19.4 Å².